The molecule has 3 heterocycles. The number of Topliss-reactive ketones (excluding diaryl/α,β-unsaturated/α-hetero) is 1. The quantitative estimate of drug-likeness (QED) is 0.670. The summed E-state index contributed by atoms with van der Waals surface area (Å²) in [6.07, 6.45) is 8.24. The number of carbonyl (C=O) groups excluding carboxylic acids is 1. The lowest BCUT2D eigenvalue weighted by molar-refractivity contribution is -0.123. The molecule has 1 saturated carbocycles. The molecule has 0 saturated heterocycles. The first kappa shape index (κ1) is 18.2. The molecule has 0 unspecified atom stereocenters. The number of ketones is 1. The summed E-state index contributed by atoms with van der Waals surface area (Å²) in [6, 6.07) is 6.59. The highest BCUT2D eigenvalue weighted by atomic mass is 32.1. The van der Waals surface area contributed by atoms with Crippen molar-refractivity contribution in [1.82, 2.24) is 19.9 Å². The number of aromatic nitrogens is 3. The summed E-state index contributed by atoms with van der Waals surface area (Å²) >= 11 is 1.57. The van der Waals surface area contributed by atoms with E-state index in [0.717, 1.165) is 52.9 Å². The average molecular weight is 381 g/mol. The van der Waals surface area contributed by atoms with Gasteiger partial charge in [0.15, 0.2) is 0 Å². The first-order valence-corrected chi connectivity index (χ1v) is 10.3. The molecule has 1 fully saturated rings. The lowest BCUT2D eigenvalue weighted by atomic mass is 9.82. The Morgan fingerprint density at radius 3 is 2.70 bits per heavy atom. The van der Waals surface area contributed by atoms with E-state index >= 15 is 0 Å². The van der Waals surface area contributed by atoms with Crippen molar-refractivity contribution >= 4 is 28.0 Å². The van der Waals surface area contributed by atoms with Crippen molar-refractivity contribution in [2.75, 3.05) is 14.1 Å². The van der Waals surface area contributed by atoms with Gasteiger partial charge in [-0.25, -0.2) is 4.98 Å². The number of pyridine rings is 2. The molecule has 3 aromatic rings. The molecule has 3 aromatic heterocycles. The molecule has 0 atom stereocenters. The maximum Gasteiger partial charge on any atom is 0.141 e. The second-order valence-electron chi connectivity index (χ2n) is 7.54. The Kier molecular flexibility index (Phi) is 5.27. The largest absolute Gasteiger partial charge is 0.306 e. The first-order valence-electron chi connectivity index (χ1n) is 9.44. The molecular weight excluding hydrogens is 356 g/mol. The number of nitrogens with zero attached hydrogens (tertiary/aromatic N) is 4. The van der Waals surface area contributed by atoms with Gasteiger partial charge in [0, 0.05) is 41.9 Å². The highest BCUT2D eigenvalue weighted by Gasteiger charge is 2.27. The lowest BCUT2D eigenvalue weighted by Gasteiger charge is -2.31. The third kappa shape index (κ3) is 4.06. The second kappa shape index (κ2) is 7.82. The molecule has 0 amide bonds. The summed E-state index contributed by atoms with van der Waals surface area (Å²) in [6.45, 7) is 0. The van der Waals surface area contributed by atoms with E-state index in [-0.39, 0.29) is 5.92 Å². The number of fused-ring (bicyclic) bond motifs is 1. The summed E-state index contributed by atoms with van der Waals surface area (Å²) in [5.41, 5.74) is 4.42. The van der Waals surface area contributed by atoms with Crippen LogP contribution in [0.15, 0.2) is 36.1 Å². The molecule has 0 aliphatic heterocycles. The number of hydrogen-bond acceptors (Lipinski definition) is 6. The van der Waals surface area contributed by atoms with E-state index in [0.29, 0.717) is 18.2 Å². The molecule has 4 rings (SSSR count). The van der Waals surface area contributed by atoms with Crippen molar-refractivity contribution < 1.29 is 4.79 Å². The summed E-state index contributed by atoms with van der Waals surface area (Å²) < 4.78 is 0. The summed E-state index contributed by atoms with van der Waals surface area (Å²) in [5.74, 6) is 0.493. The minimum atomic E-state index is 0.176. The van der Waals surface area contributed by atoms with Gasteiger partial charge < -0.3 is 4.90 Å². The van der Waals surface area contributed by atoms with Crippen LogP contribution in [0.25, 0.3) is 21.5 Å². The molecule has 1 aliphatic rings. The van der Waals surface area contributed by atoms with E-state index in [2.05, 4.69) is 29.0 Å². The van der Waals surface area contributed by atoms with Crippen molar-refractivity contribution in [2.24, 2.45) is 5.92 Å². The SMILES string of the molecule is CN(C)C1CCC(C(=O)Cc2cc3nc(-c4cncs4)ccc3cn2)CC1. The van der Waals surface area contributed by atoms with E-state index in [1.165, 1.54) is 0 Å². The van der Waals surface area contributed by atoms with Gasteiger partial charge in [-0.1, -0.05) is 0 Å². The second-order valence-corrected chi connectivity index (χ2v) is 8.43. The Labute approximate surface area is 163 Å². The third-order valence-corrected chi connectivity index (χ3v) is 6.35. The summed E-state index contributed by atoms with van der Waals surface area (Å²) in [7, 11) is 4.25. The monoisotopic (exact) mass is 380 g/mol. The van der Waals surface area contributed by atoms with Crippen LogP contribution in [0.5, 0.6) is 0 Å². The zero-order chi connectivity index (χ0) is 18.8. The van der Waals surface area contributed by atoms with Crippen LogP contribution in [0.1, 0.15) is 31.4 Å². The number of rotatable bonds is 5. The van der Waals surface area contributed by atoms with Crippen molar-refractivity contribution in [3.63, 3.8) is 0 Å². The Balaban J connectivity index is 1.48. The molecule has 0 spiro atoms. The Morgan fingerprint density at radius 2 is 2.00 bits per heavy atom. The first-order chi connectivity index (χ1) is 13.1. The number of carbonyl (C=O) groups is 1. The topological polar surface area (TPSA) is 59.0 Å². The van der Waals surface area contributed by atoms with Crippen LogP contribution >= 0.6 is 11.3 Å². The smallest absolute Gasteiger partial charge is 0.141 e. The minimum Gasteiger partial charge on any atom is -0.306 e. The van der Waals surface area contributed by atoms with Crippen LogP contribution in [-0.4, -0.2) is 45.8 Å². The molecule has 6 heteroatoms. The molecule has 0 N–H and O–H groups in total. The van der Waals surface area contributed by atoms with Gasteiger partial charge in [0.1, 0.15) is 5.78 Å². The Bertz CT molecular complexity index is 931. The fourth-order valence-electron chi connectivity index (χ4n) is 3.87. The zero-order valence-electron chi connectivity index (χ0n) is 15.8. The van der Waals surface area contributed by atoms with Gasteiger partial charge in [-0.15, -0.1) is 11.3 Å². The fraction of sp³-hybridized carbons (Fsp3) is 0.429. The molecule has 27 heavy (non-hydrogen) atoms. The molecule has 0 bridgehead atoms. The van der Waals surface area contributed by atoms with Gasteiger partial charge in [0.2, 0.25) is 0 Å². The standard InChI is InChI=1S/C21H24N4OS/c1-25(2)17-6-3-14(4-7-17)20(26)10-16-9-19-15(11-23-16)5-8-18(24-19)21-12-22-13-27-21/h5,8-9,11-14,17H,3-4,6-7,10H2,1-2H3. The molecule has 140 valence electrons. The molecule has 5 nitrogen and oxygen atoms in total. The third-order valence-electron chi connectivity index (χ3n) is 5.55. The van der Waals surface area contributed by atoms with Gasteiger partial charge in [-0.05, 0) is 58.0 Å². The van der Waals surface area contributed by atoms with Crippen molar-refractivity contribution in [3.8, 4) is 10.6 Å². The average Bonchev–Trinajstić information content (AvgIpc) is 3.22. The van der Waals surface area contributed by atoms with Crippen LogP contribution in [-0.2, 0) is 11.2 Å². The van der Waals surface area contributed by atoms with E-state index < -0.39 is 0 Å². The maximum absolute atomic E-state index is 12.8. The molecule has 0 aromatic carbocycles. The number of hydrogen-bond donors (Lipinski definition) is 0. The van der Waals surface area contributed by atoms with Gasteiger partial charge in [-0.3, -0.25) is 14.8 Å². The predicted octanol–water partition coefficient (Wildman–Crippen LogP) is 3.99. The Morgan fingerprint density at radius 1 is 1.19 bits per heavy atom. The van der Waals surface area contributed by atoms with Crippen LogP contribution in [0, 0.1) is 5.92 Å². The van der Waals surface area contributed by atoms with Crippen LogP contribution < -0.4 is 0 Å². The summed E-state index contributed by atoms with van der Waals surface area (Å²) in [4.78, 5) is 29.4. The van der Waals surface area contributed by atoms with E-state index in [9.17, 15) is 4.79 Å². The van der Waals surface area contributed by atoms with Crippen molar-refractivity contribution in [3.05, 3.63) is 41.8 Å². The van der Waals surface area contributed by atoms with Crippen molar-refractivity contribution in [1.29, 1.82) is 0 Å². The minimum absolute atomic E-state index is 0.176. The normalized spacial score (nSPS) is 20.3. The highest BCUT2D eigenvalue weighted by molar-refractivity contribution is 7.13. The van der Waals surface area contributed by atoms with E-state index in [1.54, 1.807) is 11.3 Å². The van der Waals surface area contributed by atoms with E-state index in [4.69, 9.17) is 4.98 Å². The maximum atomic E-state index is 12.8. The number of thiazole rings is 1. The highest BCUT2D eigenvalue weighted by Crippen LogP contribution is 2.28. The molecular formula is C21H24N4OS. The molecule has 0 radical (unpaired) electrons. The Hall–Kier alpha value is -2.18. The predicted molar refractivity (Wildman–Crippen MR) is 109 cm³/mol. The summed E-state index contributed by atoms with van der Waals surface area (Å²) in [5, 5.41) is 0.992. The van der Waals surface area contributed by atoms with E-state index in [1.807, 2.05) is 36.1 Å². The van der Waals surface area contributed by atoms with Crippen LogP contribution in [0.4, 0.5) is 0 Å². The van der Waals surface area contributed by atoms with Crippen LogP contribution in [0.2, 0.25) is 0 Å². The van der Waals surface area contributed by atoms with Gasteiger partial charge in [-0.2, -0.15) is 0 Å². The van der Waals surface area contributed by atoms with Crippen LogP contribution in [0.3, 0.4) is 0 Å². The van der Waals surface area contributed by atoms with Gasteiger partial charge >= 0.3 is 0 Å². The van der Waals surface area contributed by atoms with Gasteiger partial charge in [0.05, 0.1) is 21.6 Å². The zero-order valence-corrected chi connectivity index (χ0v) is 16.6. The fourth-order valence-corrected chi connectivity index (χ4v) is 4.46. The van der Waals surface area contributed by atoms with Crippen molar-refractivity contribution in [2.45, 2.75) is 38.1 Å². The van der Waals surface area contributed by atoms with Gasteiger partial charge in [0.25, 0.3) is 0 Å². The lowest BCUT2D eigenvalue weighted by Crippen LogP contribution is -2.34. The molecule has 1 aliphatic carbocycles.